The molecule has 0 aliphatic carbocycles. The lowest BCUT2D eigenvalue weighted by molar-refractivity contribution is 0.426. The van der Waals surface area contributed by atoms with Crippen molar-refractivity contribution in [2.75, 3.05) is 5.73 Å². The van der Waals surface area contributed by atoms with Gasteiger partial charge in [0.25, 0.3) is 0 Å². The van der Waals surface area contributed by atoms with Crippen molar-refractivity contribution in [2.24, 2.45) is 4.99 Å². The molecule has 0 radical (unpaired) electrons. The normalized spacial score (nSPS) is 10.9. The Hall–Kier alpha value is -2.02. The van der Waals surface area contributed by atoms with Gasteiger partial charge >= 0.3 is 7.12 Å². The second kappa shape index (κ2) is 5.96. The first-order chi connectivity index (χ1) is 9.47. The van der Waals surface area contributed by atoms with Gasteiger partial charge in [-0.1, -0.05) is 17.7 Å². The summed E-state index contributed by atoms with van der Waals surface area (Å²) in [5.41, 5.74) is 7.53. The van der Waals surface area contributed by atoms with Crippen LogP contribution in [0, 0.1) is 0 Å². The number of aliphatic imine (C=N–C) groups is 1. The number of nitrogens with two attached hydrogens (primary N) is 1. The van der Waals surface area contributed by atoms with Gasteiger partial charge in [-0.15, -0.1) is 0 Å². The Kier molecular flexibility index (Phi) is 4.29. The average molecular weight is 291 g/mol. The number of hydrogen-bond donors (Lipinski definition) is 4. The molecule has 0 saturated carbocycles. The minimum atomic E-state index is -1.58. The fourth-order valence-corrected chi connectivity index (χ4v) is 1.84. The van der Waals surface area contributed by atoms with Crippen LogP contribution >= 0.6 is 11.6 Å². The molecular weight excluding hydrogens is 278 g/mol. The van der Waals surface area contributed by atoms with Crippen molar-refractivity contribution in [1.82, 2.24) is 0 Å². The van der Waals surface area contributed by atoms with E-state index in [-0.39, 0.29) is 16.2 Å². The quantitative estimate of drug-likeness (QED) is 0.294. The van der Waals surface area contributed by atoms with Gasteiger partial charge in [0.1, 0.15) is 5.75 Å². The molecule has 0 aliphatic heterocycles. The van der Waals surface area contributed by atoms with Crippen LogP contribution in [0.2, 0.25) is 5.02 Å². The van der Waals surface area contributed by atoms with Crippen LogP contribution in [-0.4, -0.2) is 28.5 Å². The summed E-state index contributed by atoms with van der Waals surface area (Å²) >= 11 is 5.99. The van der Waals surface area contributed by atoms with E-state index in [9.17, 15) is 5.11 Å². The Morgan fingerprint density at radius 1 is 1.15 bits per heavy atom. The van der Waals surface area contributed by atoms with Gasteiger partial charge in [-0.05, 0) is 35.8 Å². The van der Waals surface area contributed by atoms with E-state index in [1.807, 2.05) is 0 Å². The Morgan fingerprint density at radius 2 is 1.90 bits per heavy atom. The van der Waals surface area contributed by atoms with Crippen molar-refractivity contribution < 1.29 is 15.2 Å². The third kappa shape index (κ3) is 3.30. The number of benzene rings is 2. The maximum absolute atomic E-state index is 9.39. The van der Waals surface area contributed by atoms with Gasteiger partial charge in [-0.2, -0.15) is 0 Å². The number of hydrogen-bond acceptors (Lipinski definition) is 5. The van der Waals surface area contributed by atoms with Crippen LogP contribution in [0.4, 0.5) is 11.4 Å². The minimum Gasteiger partial charge on any atom is -0.508 e. The Balaban J connectivity index is 2.30. The Bertz CT molecular complexity index is 662. The number of halogens is 1. The zero-order valence-electron chi connectivity index (χ0n) is 10.4. The summed E-state index contributed by atoms with van der Waals surface area (Å²) in [6.45, 7) is 0. The number of aromatic hydroxyl groups is 1. The van der Waals surface area contributed by atoms with Gasteiger partial charge < -0.3 is 20.9 Å². The lowest BCUT2D eigenvalue weighted by Gasteiger charge is -2.03. The lowest BCUT2D eigenvalue weighted by Crippen LogP contribution is -2.29. The van der Waals surface area contributed by atoms with Crippen molar-refractivity contribution >= 4 is 41.8 Å². The maximum Gasteiger partial charge on any atom is 0.488 e. The zero-order valence-corrected chi connectivity index (χ0v) is 11.1. The SMILES string of the molecule is Nc1ccc(O)cc1C=Nc1ccc(B(O)O)cc1Cl. The highest BCUT2D eigenvalue weighted by Gasteiger charge is 2.12. The van der Waals surface area contributed by atoms with E-state index in [1.165, 1.54) is 30.5 Å². The summed E-state index contributed by atoms with van der Waals surface area (Å²) in [6.07, 6.45) is 1.48. The third-order valence-electron chi connectivity index (χ3n) is 2.68. The first-order valence-electron chi connectivity index (χ1n) is 5.75. The molecule has 20 heavy (non-hydrogen) atoms. The van der Waals surface area contributed by atoms with Gasteiger partial charge in [0.2, 0.25) is 0 Å². The molecule has 0 amide bonds. The summed E-state index contributed by atoms with van der Waals surface area (Å²) in [7, 11) is -1.58. The standard InChI is InChI=1S/C13H12BClN2O3/c15-11-6-9(14(19)20)1-4-13(11)17-7-8-5-10(18)2-3-12(8)16/h1-7,18-20H,16H2. The van der Waals surface area contributed by atoms with E-state index in [0.29, 0.717) is 16.9 Å². The zero-order chi connectivity index (χ0) is 14.7. The number of nitrogens with zero attached hydrogens (tertiary/aromatic N) is 1. The predicted molar refractivity (Wildman–Crippen MR) is 81.1 cm³/mol. The molecule has 0 heterocycles. The van der Waals surface area contributed by atoms with Crippen molar-refractivity contribution in [3.63, 3.8) is 0 Å². The van der Waals surface area contributed by atoms with Crippen LogP contribution in [0.1, 0.15) is 5.56 Å². The molecule has 5 nitrogen and oxygen atoms in total. The molecular formula is C13H12BClN2O3. The average Bonchev–Trinajstić information content (AvgIpc) is 2.40. The number of phenolic OH excluding ortho intramolecular Hbond substituents is 1. The molecule has 0 saturated heterocycles. The molecule has 0 unspecified atom stereocenters. The van der Waals surface area contributed by atoms with E-state index < -0.39 is 7.12 Å². The first kappa shape index (κ1) is 14.4. The summed E-state index contributed by atoms with van der Waals surface area (Å²) in [6, 6.07) is 9.03. The number of anilines is 1. The monoisotopic (exact) mass is 290 g/mol. The van der Waals surface area contributed by atoms with Crippen LogP contribution in [0.15, 0.2) is 41.4 Å². The summed E-state index contributed by atoms with van der Waals surface area (Å²) in [5, 5.41) is 27.7. The van der Waals surface area contributed by atoms with Crippen LogP contribution in [0.5, 0.6) is 5.75 Å². The molecule has 0 atom stereocenters. The fourth-order valence-electron chi connectivity index (χ4n) is 1.60. The minimum absolute atomic E-state index is 0.0884. The topological polar surface area (TPSA) is 99.1 Å². The molecule has 0 fully saturated rings. The Morgan fingerprint density at radius 3 is 2.55 bits per heavy atom. The van der Waals surface area contributed by atoms with Gasteiger partial charge in [0.15, 0.2) is 0 Å². The van der Waals surface area contributed by atoms with Crippen LogP contribution in [0.3, 0.4) is 0 Å². The first-order valence-corrected chi connectivity index (χ1v) is 6.13. The summed E-state index contributed by atoms with van der Waals surface area (Å²) < 4.78 is 0. The molecule has 2 aromatic carbocycles. The van der Waals surface area contributed by atoms with E-state index in [4.69, 9.17) is 27.4 Å². The Labute approximate surface area is 121 Å². The smallest absolute Gasteiger partial charge is 0.488 e. The van der Waals surface area contributed by atoms with Gasteiger partial charge in [-0.3, -0.25) is 4.99 Å². The van der Waals surface area contributed by atoms with Crippen LogP contribution < -0.4 is 11.2 Å². The fraction of sp³-hybridized carbons (Fsp3) is 0. The van der Waals surface area contributed by atoms with E-state index in [2.05, 4.69) is 4.99 Å². The molecule has 7 heteroatoms. The van der Waals surface area contributed by atoms with Crippen LogP contribution in [-0.2, 0) is 0 Å². The van der Waals surface area contributed by atoms with E-state index >= 15 is 0 Å². The van der Waals surface area contributed by atoms with Gasteiger partial charge in [-0.25, -0.2) is 0 Å². The van der Waals surface area contributed by atoms with Crippen molar-refractivity contribution in [1.29, 1.82) is 0 Å². The highest BCUT2D eigenvalue weighted by Crippen LogP contribution is 2.24. The number of phenols is 1. The van der Waals surface area contributed by atoms with Gasteiger partial charge in [0.05, 0.1) is 10.7 Å². The van der Waals surface area contributed by atoms with Gasteiger partial charge in [0, 0.05) is 17.5 Å². The molecule has 0 bridgehead atoms. The third-order valence-corrected chi connectivity index (χ3v) is 2.99. The lowest BCUT2D eigenvalue weighted by atomic mass is 9.80. The molecule has 102 valence electrons. The van der Waals surface area contributed by atoms with Crippen molar-refractivity contribution in [3.8, 4) is 5.75 Å². The predicted octanol–water partition coefficient (Wildman–Crippen LogP) is 1.06. The summed E-state index contributed by atoms with van der Waals surface area (Å²) in [4.78, 5) is 4.17. The molecule has 0 spiro atoms. The van der Waals surface area contributed by atoms with Crippen molar-refractivity contribution in [3.05, 3.63) is 47.0 Å². The van der Waals surface area contributed by atoms with Crippen LogP contribution in [0.25, 0.3) is 0 Å². The molecule has 2 aromatic rings. The largest absolute Gasteiger partial charge is 0.508 e. The number of rotatable bonds is 3. The molecule has 0 aromatic heterocycles. The second-order valence-corrected chi connectivity index (χ2v) is 4.56. The maximum atomic E-state index is 9.39. The molecule has 2 rings (SSSR count). The van der Waals surface area contributed by atoms with E-state index in [0.717, 1.165) is 0 Å². The van der Waals surface area contributed by atoms with Crippen molar-refractivity contribution in [2.45, 2.75) is 0 Å². The molecule has 0 aliphatic rings. The summed E-state index contributed by atoms with van der Waals surface area (Å²) in [5.74, 6) is 0.0884. The van der Waals surface area contributed by atoms with E-state index in [1.54, 1.807) is 12.1 Å². The second-order valence-electron chi connectivity index (χ2n) is 4.16. The highest BCUT2D eigenvalue weighted by molar-refractivity contribution is 6.59. The molecule has 5 N–H and O–H groups in total. The number of nitrogen functional groups attached to an aromatic ring is 1. The highest BCUT2D eigenvalue weighted by atomic mass is 35.5.